The number of hydrogen-bond acceptors (Lipinski definition) is 10. The van der Waals surface area contributed by atoms with Gasteiger partial charge in [0, 0.05) is 18.5 Å². The van der Waals surface area contributed by atoms with Gasteiger partial charge in [-0.05, 0) is 11.4 Å². The maximum absolute atomic E-state index is 5.35. The third-order valence-corrected chi connectivity index (χ3v) is 6.03. The summed E-state index contributed by atoms with van der Waals surface area (Å²) >= 11 is 4.77. The van der Waals surface area contributed by atoms with E-state index in [2.05, 4.69) is 25.2 Å². The Morgan fingerprint density at radius 1 is 1.26 bits per heavy atom. The van der Waals surface area contributed by atoms with Gasteiger partial charge in [-0.2, -0.15) is 16.3 Å². The van der Waals surface area contributed by atoms with E-state index in [9.17, 15) is 0 Å². The molecule has 0 amide bonds. The molecule has 1 fully saturated rings. The van der Waals surface area contributed by atoms with Gasteiger partial charge in [-0.25, -0.2) is 0 Å². The summed E-state index contributed by atoms with van der Waals surface area (Å²) in [6.07, 6.45) is 0. The van der Waals surface area contributed by atoms with Crippen LogP contribution in [0.4, 0.5) is 5.13 Å². The van der Waals surface area contributed by atoms with Gasteiger partial charge in [0.2, 0.25) is 5.13 Å². The van der Waals surface area contributed by atoms with Gasteiger partial charge >= 0.3 is 0 Å². The van der Waals surface area contributed by atoms with E-state index in [1.54, 1.807) is 34.4 Å². The molecule has 0 spiro atoms. The Hall–Kier alpha value is -1.49. The van der Waals surface area contributed by atoms with Gasteiger partial charge in [0.1, 0.15) is 0 Å². The lowest BCUT2D eigenvalue weighted by atomic mass is 10.3. The van der Waals surface area contributed by atoms with Crippen LogP contribution in [0.3, 0.4) is 0 Å². The van der Waals surface area contributed by atoms with Crippen molar-refractivity contribution in [2.24, 2.45) is 0 Å². The number of thiophene rings is 1. The summed E-state index contributed by atoms with van der Waals surface area (Å²) in [5.41, 5.74) is 0.962. The molecule has 0 radical (unpaired) electrons. The summed E-state index contributed by atoms with van der Waals surface area (Å²) in [6, 6.07) is 1.97. The van der Waals surface area contributed by atoms with E-state index in [0.29, 0.717) is 17.5 Å². The van der Waals surface area contributed by atoms with Gasteiger partial charge in [-0.1, -0.05) is 28.3 Å². The van der Waals surface area contributed by atoms with Gasteiger partial charge in [-0.3, -0.25) is 0 Å². The molecule has 1 aliphatic rings. The molecule has 0 saturated carbocycles. The first-order chi connectivity index (χ1) is 11.4. The molecule has 0 unspecified atom stereocenters. The molecule has 0 aromatic carbocycles. The van der Waals surface area contributed by atoms with Crippen LogP contribution in [0.25, 0.3) is 11.5 Å². The molecular formula is C13H13N5O2S3. The maximum Gasteiger partial charge on any atom is 0.258 e. The van der Waals surface area contributed by atoms with E-state index in [4.69, 9.17) is 9.26 Å². The predicted molar refractivity (Wildman–Crippen MR) is 90.1 cm³/mol. The molecule has 7 nitrogen and oxygen atoms in total. The SMILES string of the molecule is c1cc(-c2nc(CSc3nnc(N4CCOCC4)s3)no2)cs1. The van der Waals surface area contributed by atoms with Crippen LogP contribution in [-0.4, -0.2) is 46.6 Å². The third kappa shape index (κ3) is 3.55. The van der Waals surface area contributed by atoms with Crippen LogP contribution in [0, 0.1) is 0 Å². The number of thioether (sulfide) groups is 1. The normalized spacial score (nSPS) is 15.2. The van der Waals surface area contributed by atoms with Crippen molar-refractivity contribution in [3.8, 4) is 11.5 Å². The first kappa shape index (κ1) is 15.1. The number of aromatic nitrogens is 4. The molecule has 0 N–H and O–H groups in total. The van der Waals surface area contributed by atoms with Gasteiger partial charge < -0.3 is 14.2 Å². The fraction of sp³-hybridized carbons (Fsp3) is 0.385. The zero-order chi connectivity index (χ0) is 15.5. The van der Waals surface area contributed by atoms with Crippen molar-refractivity contribution >= 4 is 39.6 Å². The van der Waals surface area contributed by atoms with Crippen LogP contribution in [0.5, 0.6) is 0 Å². The minimum absolute atomic E-state index is 0.563. The lowest BCUT2D eigenvalue weighted by Gasteiger charge is -2.25. The zero-order valence-electron chi connectivity index (χ0n) is 12.0. The highest BCUT2D eigenvalue weighted by atomic mass is 32.2. The number of ether oxygens (including phenoxy) is 1. The molecule has 0 bridgehead atoms. The number of morpholine rings is 1. The van der Waals surface area contributed by atoms with Crippen molar-refractivity contribution in [1.29, 1.82) is 0 Å². The highest BCUT2D eigenvalue weighted by Crippen LogP contribution is 2.30. The quantitative estimate of drug-likeness (QED) is 0.637. The second-order valence-electron chi connectivity index (χ2n) is 4.77. The predicted octanol–water partition coefficient (Wildman–Crippen LogP) is 2.78. The molecule has 3 aromatic heterocycles. The third-order valence-electron chi connectivity index (χ3n) is 3.24. The highest BCUT2D eigenvalue weighted by molar-refractivity contribution is 8.00. The second-order valence-corrected chi connectivity index (χ2v) is 7.72. The number of hydrogen-bond donors (Lipinski definition) is 0. The summed E-state index contributed by atoms with van der Waals surface area (Å²) in [6.45, 7) is 3.23. The smallest absolute Gasteiger partial charge is 0.258 e. The molecule has 4 heterocycles. The highest BCUT2D eigenvalue weighted by Gasteiger charge is 2.16. The Balaban J connectivity index is 1.37. The average molecular weight is 367 g/mol. The fourth-order valence-corrected chi connectivity index (χ4v) is 4.45. The topological polar surface area (TPSA) is 77.2 Å². The van der Waals surface area contributed by atoms with E-state index in [-0.39, 0.29) is 0 Å². The van der Waals surface area contributed by atoms with Gasteiger partial charge in [-0.15, -0.1) is 10.2 Å². The molecule has 1 saturated heterocycles. The molecule has 1 aliphatic heterocycles. The average Bonchev–Trinajstić information content (AvgIpc) is 3.33. The van der Waals surface area contributed by atoms with Gasteiger partial charge in [0.25, 0.3) is 5.89 Å². The first-order valence-electron chi connectivity index (χ1n) is 7.02. The Kier molecular flexibility index (Phi) is 4.55. The summed E-state index contributed by atoms with van der Waals surface area (Å²) in [5.74, 6) is 1.85. The standard InChI is InChI=1S/C13H13N5O2S3/c1-6-21-7-9(1)11-14-10(17-20-11)8-22-13-16-15-12(23-13)18-2-4-19-5-3-18/h1,6-7H,2-5,8H2. The Labute approximate surface area is 144 Å². The Morgan fingerprint density at radius 2 is 2.17 bits per heavy atom. The van der Waals surface area contributed by atoms with Crippen molar-refractivity contribution in [3.63, 3.8) is 0 Å². The van der Waals surface area contributed by atoms with Gasteiger partial charge in [0.05, 0.1) is 24.5 Å². The second kappa shape index (κ2) is 6.95. The summed E-state index contributed by atoms with van der Waals surface area (Å²) in [7, 11) is 0. The van der Waals surface area contributed by atoms with E-state index in [0.717, 1.165) is 41.3 Å². The summed E-state index contributed by atoms with van der Waals surface area (Å²) in [5, 5.41) is 17.4. The van der Waals surface area contributed by atoms with Crippen molar-refractivity contribution in [2.45, 2.75) is 10.1 Å². The molecule has 23 heavy (non-hydrogen) atoms. The lowest BCUT2D eigenvalue weighted by molar-refractivity contribution is 0.122. The monoisotopic (exact) mass is 367 g/mol. The Bertz CT molecular complexity index is 751. The fourth-order valence-electron chi connectivity index (χ4n) is 2.09. The number of anilines is 1. The number of nitrogens with zero attached hydrogens (tertiary/aromatic N) is 5. The maximum atomic E-state index is 5.35. The molecule has 0 aliphatic carbocycles. The minimum atomic E-state index is 0.563. The largest absolute Gasteiger partial charge is 0.378 e. The molecule has 10 heteroatoms. The molecular weight excluding hydrogens is 354 g/mol. The molecule has 4 rings (SSSR count). The minimum Gasteiger partial charge on any atom is -0.378 e. The summed E-state index contributed by atoms with van der Waals surface area (Å²) < 4.78 is 11.5. The van der Waals surface area contributed by atoms with Crippen molar-refractivity contribution in [2.75, 3.05) is 31.2 Å². The Morgan fingerprint density at radius 3 is 3.00 bits per heavy atom. The van der Waals surface area contributed by atoms with E-state index >= 15 is 0 Å². The first-order valence-corrected chi connectivity index (χ1v) is 9.77. The summed E-state index contributed by atoms with van der Waals surface area (Å²) in [4.78, 5) is 6.60. The zero-order valence-corrected chi connectivity index (χ0v) is 14.5. The van der Waals surface area contributed by atoms with Crippen molar-refractivity contribution < 1.29 is 9.26 Å². The van der Waals surface area contributed by atoms with E-state index in [1.165, 1.54) is 0 Å². The molecule has 3 aromatic rings. The van der Waals surface area contributed by atoms with Crippen LogP contribution in [0.2, 0.25) is 0 Å². The van der Waals surface area contributed by atoms with E-state index in [1.807, 2.05) is 16.8 Å². The van der Waals surface area contributed by atoms with Crippen molar-refractivity contribution in [1.82, 2.24) is 20.3 Å². The van der Waals surface area contributed by atoms with Crippen LogP contribution >= 0.6 is 34.4 Å². The molecule has 0 atom stereocenters. The number of rotatable bonds is 5. The lowest BCUT2D eigenvalue weighted by Crippen LogP contribution is -2.36. The molecule has 120 valence electrons. The van der Waals surface area contributed by atoms with Gasteiger partial charge in [0.15, 0.2) is 10.2 Å². The van der Waals surface area contributed by atoms with Crippen LogP contribution in [0.1, 0.15) is 5.82 Å². The van der Waals surface area contributed by atoms with Crippen LogP contribution < -0.4 is 4.90 Å². The van der Waals surface area contributed by atoms with E-state index < -0.39 is 0 Å². The van der Waals surface area contributed by atoms with Crippen LogP contribution in [0.15, 0.2) is 25.7 Å². The van der Waals surface area contributed by atoms with Crippen molar-refractivity contribution in [3.05, 3.63) is 22.7 Å². The van der Waals surface area contributed by atoms with Crippen LogP contribution in [-0.2, 0) is 10.5 Å².